The second kappa shape index (κ2) is 5.13. The maximum Gasteiger partial charge on any atom is 0.263 e. The lowest BCUT2D eigenvalue weighted by atomic mass is 10.1. The molecule has 1 aromatic carbocycles. The van der Waals surface area contributed by atoms with E-state index in [0.717, 1.165) is 6.07 Å². The van der Waals surface area contributed by atoms with E-state index in [4.69, 9.17) is 5.11 Å². The molecule has 0 radical (unpaired) electrons. The predicted molar refractivity (Wildman–Crippen MR) is 75.5 cm³/mol. The van der Waals surface area contributed by atoms with Crippen molar-refractivity contribution in [1.82, 2.24) is 0 Å². The van der Waals surface area contributed by atoms with Gasteiger partial charge in [0.15, 0.2) is 4.75 Å². The minimum atomic E-state index is -3.78. The van der Waals surface area contributed by atoms with Gasteiger partial charge in [-0.05, 0) is 32.0 Å². The van der Waals surface area contributed by atoms with E-state index in [9.17, 15) is 17.6 Å². The normalized spacial score (nSPS) is 18.7. The Kier molecular flexibility index (Phi) is 3.78. The molecule has 7 heteroatoms. The molecule has 0 aliphatic carbocycles. The van der Waals surface area contributed by atoms with Crippen LogP contribution in [0.3, 0.4) is 0 Å². The summed E-state index contributed by atoms with van der Waals surface area (Å²) in [4.78, 5) is 11.9. The molecule has 0 saturated carbocycles. The van der Waals surface area contributed by atoms with Gasteiger partial charge >= 0.3 is 0 Å². The van der Waals surface area contributed by atoms with Gasteiger partial charge in [0.1, 0.15) is 5.82 Å². The first-order chi connectivity index (χ1) is 9.73. The Balaban J connectivity index is 2.42. The number of hydrogen-bond acceptors (Lipinski definition) is 4. The highest BCUT2D eigenvalue weighted by atomic mass is 32.2. The molecule has 0 bridgehead atoms. The number of aliphatic hydroxyl groups is 1. The summed E-state index contributed by atoms with van der Waals surface area (Å²) in [7, 11) is -3.78. The van der Waals surface area contributed by atoms with Crippen molar-refractivity contribution >= 4 is 21.6 Å². The largest absolute Gasteiger partial charge is 0.395 e. The fraction of sp³-hybridized carbons (Fsp3) is 0.357. The van der Waals surface area contributed by atoms with Crippen molar-refractivity contribution in [2.45, 2.75) is 25.0 Å². The third-order valence-electron chi connectivity index (χ3n) is 3.23. The molecule has 0 aromatic heterocycles. The molecule has 1 aliphatic heterocycles. The van der Waals surface area contributed by atoms with Gasteiger partial charge < -0.3 is 5.11 Å². The van der Waals surface area contributed by atoms with Gasteiger partial charge in [0, 0.05) is 6.42 Å². The standard InChI is InChI=1S/C14H14FNO4S/c1-14(2)13(18)16(21(14,19)20)11-6-7-12(15)10(9-11)5-3-4-8-17/h6-7,9,17H,4,8H2,1-2H3. The summed E-state index contributed by atoms with van der Waals surface area (Å²) in [6.45, 7) is 2.50. The van der Waals surface area contributed by atoms with E-state index in [0.29, 0.717) is 4.31 Å². The van der Waals surface area contributed by atoms with E-state index < -0.39 is 26.5 Å². The van der Waals surface area contributed by atoms with E-state index in [-0.39, 0.29) is 24.3 Å². The quantitative estimate of drug-likeness (QED) is 0.827. The van der Waals surface area contributed by atoms with E-state index in [1.807, 2.05) is 0 Å². The number of halogens is 1. The number of rotatable bonds is 2. The molecule has 21 heavy (non-hydrogen) atoms. The van der Waals surface area contributed by atoms with Gasteiger partial charge in [0.25, 0.3) is 15.9 Å². The van der Waals surface area contributed by atoms with Crippen molar-refractivity contribution < 1.29 is 22.7 Å². The lowest BCUT2D eigenvalue weighted by molar-refractivity contribution is -0.120. The smallest absolute Gasteiger partial charge is 0.263 e. The maximum absolute atomic E-state index is 13.6. The summed E-state index contributed by atoms with van der Waals surface area (Å²) < 4.78 is 37.0. The summed E-state index contributed by atoms with van der Waals surface area (Å²) in [5, 5.41) is 8.64. The number of anilines is 1. The van der Waals surface area contributed by atoms with Crippen LogP contribution in [-0.4, -0.2) is 30.8 Å². The molecular formula is C14H14FNO4S. The summed E-state index contributed by atoms with van der Waals surface area (Å²) in [6, 6.07) is 3.49. The zero-order valence-electron chi connectivity index (χ0n) is 11.6. The summed E-state index contributed by atoms with van der Waals surface area (Å²) in [5.74, 6) is 3.87. The van der Waals surface area contributed by atoms with Crippen molar-refractivity contribution in [1.29, 1.82) is 0 Å². The van der Waals surface area contributed by atoms with Crippen molar-refractivity contribution in [3.8, 4) is 11.8 Å². The topological polar surface area (TPSA) is 74.7 Å². The zero-order valence-corrected chi connectivity index (χ0v) is 12.4. The second-order valence-electron chi connectivity index (χ2n) is 5.02. The van der Waals surface area contributed by atoms with Crippen molar-refractivity contribution in [2.75, 3.05) is 10.9 Å². The fourth-order valence-corrected chi connectivity index (χ4v) is 3.33. The first kappa shape index (κ1) is 15.5. The van der Waals surface area contributed by atoms with Gasteiger partial charge in [-0.3, -0.25) is 4.79 Å². The summed E-state index contributed by atoms with van der Waals surface area (Å²) >= 11 is 0. The van der Waals surface area contributed by atoms with Crippen LogP contribution in [0.1, 0.15) is 25.8 Å². The predicted octanol–water partition coefficient (Wildman–Crippen LogP) is 1.01. The van der Waals surface area contributed by atoms with Crippen molar-refractivity contribution in [3.63, 3.8) is 0 Å². The van der Waals surface area contributed by atoms with Crippen LogP contribution in [0.5, 0.6) is 0 Å². The van der Waals surface area contributed by atoms with Crippen LogP contribution < -0.4 is 4.31 Å². The highest BCUT2D eigenvalue weighted by molar-refractivity contribution is 7.98. The number of sulfonamides is 1. The molecule has 1 aliphatic rings. The highest BCUT2D eigenvalue weighted by Gasteiger charge is 2.60. The molecule has 1 heterocycles. The SMILES string of the molecule is CC1(C)C(=O)N(c2ccc(F)c(C#CCCO)c2)S1(=O)=O. The molecule has 2 rings (SSSR count). The van der Waals surface area contributed by atoms with Gasteiger partial charge in [-0.25, -0.2) is 17.1 Å². The van der Waals surface area contributed by atoms with Crippen molar-refractivity contribution in [3.05, 3.63) is 29.6 Å². The Labute approximate surface area is 122 Å². The van der Waals surface area contributed by atoms with E-state index in [1.54, 1.807) is 0 Å². The van der Waals surface area contributed by atoms with Gasteiger partial charge in [-0.2, -0.15) is 0 Å². The molecule has 1 amide bonds. The van der Waals surface area contributed by atoms with Gasteiger partial charge in [-0.1, -0.05) is 11.8 Å². The fourth-order valence-electron chi connectivity index (χ4n) is 1.86. The molecular weight excluding hydrogens is 297 g/mol. The Hall–Kier alpha value is -1.91. The molecule has 0 atom stereocenters. The Morgan fingerprint density at radius 1 is 1.38 bits per heavy atom. The van der Waals surface area contributed by atoms with Gasteiger partial charge in [0.05, 0.1) is 17.9 Å². The van der Waals surface area contributed by atoms with Gasteiger partial charge in [0.2, 0.25) is 0 Å². The van der Waals surface area contributed by atoms with E-state index in [1.165, 1.54) is 26.0 Å². The third-order valence-corrected chi connectivity index (χ3v) is 5.55. The zero-order chi connectivity index (χ0) is 15.8. The minimum absolute atomic E-state index is 0.0198. The average molecular weight is 311 g/mol. The number of hydrogen-bond donors (Lipinski definition) is 1. The van der Waals surface area contributed by atoms with Crippen LogP contribution in [0.2, 0.25) is 0 Å². The van der Waals surface area contributed by atoms with Crippen LogP contribution in [0.25, 0.3) is 0 Å². The molecule has 0 spiro atoms. The summed E-state index contributed by atoms with van der Waals surface area (Å²) in [6.07, 6.45) is 0.178. The number of aliphatic hydroxyl groups excluding tert-OH is 1. The summed E-state index contributed by atoms with van der Waals surface area (Å²) in [5.41, 5.74) is 0.0441. The molecule has 112 valence electrons. The van der Waals surface area contributed by atoms with Crippen LogP contribution in [0, 0.1) is 17.7 Å². The third kappa shape index (κ3) is 2.30. The Morgan fingerprint density at radius 2 is 2.05 bits per heavy atom. The monoisotopic (exact) mass is 311 g/mol. The Morgan fingerprint density at radius 3 is 2.62 bits per heavy atom. The lowest BCUT2D eigenvalue weighted by Gasteiger charge is -2.42. The lowest BCUT2D eigenvalue weighted by Crippen LogP contribution is -2.67. The molecule has 0 unspecified atom stereocenters. The van der Waals surface area contributed by atoms with Crippen LogP contribution in [0.15, 0.2) is 18.2 Å². The maximum atomic E-state index is 13.6. The molecule has 1 aromatic rings. The average Bonchev–Trinajstić information content (AvgIpc) is 2.42. The van der Waals surface area contributed by atoms with Crippen molar-refractivity contribution in [2.24, 2.45) is 0 Å². The number of nitrogens with zero attached hydrogens (tertiary/aromatic N) is 1. The second-order valence-corrected chi connectivity index (χ2v) is 7.36. The highest BCUT2D eigenvalue weighted by Crippen LogP contribution is 2.39. The molecule has 1 saturated heterocycles. The van der Waals surface area contributed by atoms with E-state index in [2.05, 4.69) is 11.8 Å². The number of carbonyl (C=O) groups is 1. The minimum Gasteiger partial charge on any atom is -0.395 e. The van der Waals surface area contributed by atoms with Crippen LogP contribution in [0.4, 0.5) is 10.1 Å². The molecule has 1 fully saturated rings. The number of carbonyl (C=O) groups excluding carboxylic acids is 1. The van der Waals surface area contributed by atoms with Gasteiger partial charge in [-0.15, -0.1) is 0 Å². The first-order valence-electron chi connectivity index (χ1n) is 6.22. The first-order valence-corrected chi connectivity index (χ1v) is 7.66. The number of amides is 1. The Bertz CT molecular complexity index is 759. The van der Waals surface area contributed by atoms with E-state index >= 15 is 0 Å². The number of benzene rings is 1. The van der Waals surface area contributed by atoms with Crippen LogP contribution in [-0.2, 0) is 14.8 Å². The van der Waals surface area contributed by atoms with Crippen LogP contribution >= 0.6 is 0 Å². The molecule has 5 nitrogen and oxygen atoms in total. The molecule has 1 N–H and O–H groups in total.